The summed E-state index contributed by atoms with van der Waals surface area (Å²) >= 11 is 0. The smallest absolute Gasteiger partial charge is 0.307 e. The molecular formula is C21H26N2O4. The molecule has 3 rings (SSSR count). The van der Waals surface area contributed by atoms with E-state index in [1.807, 2.05) is 24.3 Å². The molecule has 2 heterocycles. The number of furan rings is 1. The van der Waals surface area contributed by atoms with Gasteiger partial charge in [-0.3, -0.25) is 9.59 Å². The third-order valence-electron chi connectivity index (χ3n) is 4.69. The zero-order chi connectivity index (χ0) is 19.1. The minimum atomic E-state index is -0.851. The van der Waals surface area contributed by atoms with Gasteiger partial charge in [0.25, 0.3) is 5.91 Å². The Morgan fingerprint density at radius 1 is 1.15 bits per heavy atom. The summed E-state index contributed by atoms with van der Waals surface area (Å²) in [5.41, 5.74) is 1.87. The average Bonchev–Trinajstić information content (AvgIpc) is 3.21. The van der Waals surface area contributed by atoms with Crippen LogP contribution in [0.2, 0.25) is 0 Å². The lowest BCUT2D eigenvalue weighted by Crippen LogP contribution is -2.30. The van der Waals surface area contributed by atoms with Gasteiger partial charge in [-0.25, -0.2) is 0 Å². The lowest BCUT2D eigenvalue weighted by atomic mass is 10.1. The molecule has 27 heavy (non-hydrogen) atoms. The molecule has 1 aliphatic rings. The van der Waals surface area contributed by atoms with Crippen LogP contribution in [0.3, 0.4) is 0 Å². The zero-order valence-electron chi connectivity index (χ0n) is 15.6. The molecule has 1 aromatic carbocycles. The maximum absolute atomic E-state index is 12.3. The maximum atomic E-state index is 12.3. The minimum absolute atomic E-state index is 0.176. The van der Waals surface area contributed by atoms with E-state index in [0.717, 1.165) is 18.8 Å². The number of carbonyl (C=O) groups excluding carboxylic acids is 2. The van der Waals surface area contributed by atoms with Crippen LogP contribution in [0.15, 0.2) is 47.1 Å². The van der Waals surface area contributed by atoms with Crippen LogP contribution < -0.4 is 10.2 Å². The molecule has 0 saturated carbocycles. The summed E-state index contributed by atoms with van der Waals surface area (Å²) in [4.78, 5) is 26.5. The van der Waals surface area contributed by atoms with E-state index in [4.69, 9.17) is 9.15 Å². The number of amides is 1. The second-order valence-corrected chi connectivity index (χ2v) is 6.80. The first-order chi connectivity index (χ1) is 13.1. The van der Waals surface area contributed by atoms with E-state index in [1.165, 1.54) is 24.9 Å². The van der Waals surface area contributed by atoms with E-state index in [-0.39, 0.29) is 12.3 Å². The molecule has 1 fully saturated rings. The predicted molar refractivity (Wildman–Crippen MR) is 104 cm³/mol. The molecule has 1 amide bonds. The van der Waals surface area contributed by atoms with Crippen molar-refractivity contribution >= 4 is 23.3 Å². The van der Waals surface area contributed by atoms with E-state index in [0.29, 0.717) is 12.1 Å². The summed E-state index contributed by atoms with van der Waals surface area (Å²) in [6.45, 7) is 3.73. The molecular weight excluding hydrogens is 344 g/mol. The van der Waals surface area contributed by atoms with Crippen LogP contribution in [0.1, 0.15) is 38.4 Å². The topological polar surface area (TPSA) is 71.8 Å². The van der Waals surface area contributed by atoms with Crippen LogP contribution in [-0.2, 0) is 20.7 Å². The molecule has 144 valence electrons. The van der Waals surface area contributed by atoms with E-state index in [9.17, 15) is 9.59 Å². The molecule has 0 radical (unpaired) electrons. The average molecular weight is 370 g/mol. The van der Waals surface area contributed by atoms with Crippen molar-refractivity contribution in [1.29, 1.82) is 0 Å². The van der Waals surface area contributed by atoms with Crippen molar-refractivity contribution < 1.29 is 18.7 Å². The van der Waals surface area contributed by atoms with Gasteiger partial charge in [-0.05, 0) is 62.6 Å². The Balaban J connectivity index is 1.45. The number of benzene rings is 1. The highest BCUT2D eigenvalue weighted by Gasteiger charge is 2.18. The van der Waals surface area contributed by atoms with Gasteiger partial charge < -0.3 is 19.4 Å². The summed E-state index contributed by atoms with van der Waals surface area (Å²) in [6.07, 6.45) is 5.09. The molecule has 1 aliphatic heterocycles. The fourth-order valence-electron chi connectivity index (χ4n) is 3.14. The largest absolute Gasteiger partial charge is 0.469 e. The molecule has 0 bridgehead atoms. The fraction of sp³-hybridized carbons (Fsp3) is 0.429. The number of hydrogen-bond donors (Lipinski definition) is 1. The first kappa shape index (κ1) is 19.0. The number of piperidine rings is 1. The summed E-state index contributed by atoms with van der Waals surface area (Å²) < 4.78 is 10.4. The monoisotopic (exact) mass is 370 g/mol. The number of nitrogens with one attached hydrogen (secondary N) is 1. The normalized spacial score (nSPS) is 15.2. The van der Waals surface area contributed by atoms with E-state index in [1.54, 1.807) is 25.3 Å². The number of rotatable bonds is 7. The van der Waals surface area contributed by atoms with Crippen molar-refractivity contribution in [2.45, 2.75) is 45.1 Å². The Morgan fingerprint density at radius 2 is 1.89 bits per heavy atom. The van der Waals surface area contributed by atoms with Crippen LogP contribution in [0, 0.1) is 0 Å². The van der Waals surface area contributed by atoms with Gasteiger partial charge >= 0.3 is 5.97 Å². The van der Waals surface area contributed by atoms with Gasteiger partial charge in [0.1, 0.15) is 5.76 Å². The molecule has 1 saturated heterocycles. The van der Waals surface area contributed by atoms with Gasteiger partial charge in [-0.1, -0.05) is 0 Å². The van der Waals surface area contributed by atoms with Crippen molar-refractivity contribution in [2.24, 2.45) is 0 Å². The molecule has 0 unspecified atom stereocenters. The lowest BCUT2D eigenvalue weighted by Gasteiger charge is -2.28. The Morgan fingerprint density at radius 3 is 2.56 bits per heavy atom. The molecule has 6 heteroatoms. The lowest BCUT2D eigenvalue weighted by molar-refractivity contribution is -0.153. The quantitative estimate of drug-likeness (QED) is 0.751. The van der Waals surface area contributed by atoms with Gasteiger partial charge in [0.15, 0.2) is 6.10 Å². The number of carbonyl (C=O) groups is 2. The van der Waals surface area contributed by atoms with Crippen LogP contribution in [0.5, 0.6) is 0 Å². The first-order valence-electron chi connectivity index (χ1n) is 9.49. The summed E-state index contributed by atoms with van der Waals surface area (Å²) in [7, 11) is 0. The second-order valence-electron chi connectivity index (χ2n) is 6.80. The number of anilines is 2. The number of nitrogens with zero attached hydrogens (tertiary/aromatic N) is 1. The maximum Gasteiger partial charge on any atom is 0.307 e. The van der Waals surface area contributed by atoms with E-state index >= 15 is 0 Å². The second kappa shape index (κ2) is 9.26. The van der Waals surface area contributed by atoms with Crippen molar-refractivity contribution in [3.63, 3.8) is 0 Å². The zero-order valence-corrected chi connectivity index (χ0v) is 15.6. The minimum Gasteiger partial charge on any atom is -0.469 e. The molecule has 1 aromatic heterocycles. The Labute approximate surface area is 159 Å². The van der Waals surface area contributed by atoms with Gasteiger partial charge in [0, 0.05) is 30.9 Å². The third kappa shape index (κ3) is 5.61. The first-order valence-corrected chi connectivity index (χ1v) is 9.49. The van der Waals surface area contributed by atoms with Crippen molar-refractivity contribution in [3.8, 4) is 0 Å². The number of ether oxygens (including phenoxy) is 1. The molecule has 0 aliphatic carbocycles. The van der Waals surface area contributed by atoms with Gasteiger partial charge in [0.2, 0.25) is 0 Å². The standard InChI is InChI=1S/C21H26N2O4/c1-16(27-20(24)12-11-19-6-5-15-26-19)21(25)22-17-7-9-18(10-8-17)23-13-3-2-4-14-23/h5-10,15-16H,2-4,11-14H2,1H3,(H,22,25)/t16-/m1/s1. The predicted octanol–water partition coefficient (Wildman–Crippen LogP) is 3.77. The van der Waals surface area contributed by atoms with Gasteiger partial charge in [0.05, 0.1) is 12.7 Å². The molecule has 1 atom stereocenters. The van der Waals surface area contributed by atoms with Crippen LogP contribution in [0.25, 0.3) is 0 Å². The van der Waals surface area contributed by atoms with E-state index in [2.05, 4.69) is 10.2 Å². The van der Waals surface area contributed by atoms with Crippen LogP contribution in [-0.4, -0.2) is 31.1 Å². The number of hydrogen-bond acceptors (Lipinski definition) is 5. The van der Waals surface area contributed by atoms with Crippen molar-refractivity contribution in [3.05, 3.63) is 48.4 Å². The molecule has 2 aromatic rings. The highest BCUT2D eigenvalue weighted by atomic mass is 16.5. The number of aryl methyl sites for hydroxylation is 1. The van der Waals surface area contributed by atoms with E-state index < -0.39 is 12.1 Å². The van der Waals surface area contributed by atoms with Gasteiger partial charge in [-0.15, -0.1) is 0 Å². The molecule has 0 spiro atoms. The van der Waals surface area contributed by atoms with Crippen LogP contribution in [0.4, 0.5) is 11.4 Å². The van der Waals surface area contributed by atoms with Crippen molar-refractivity contribution in [1.82, 2.24) is 0 Å². The molecule has 1 N–H and O–H groups in total. The van der Waals surface area contributed by atoms with Crippen LogP contribution >= 0.6 is 0 Å². The summed E-state index contributed by atoms with van der Waals surface area (Å²) in [6, 6.07) is 11.4. The Bertz CT molecular complexity index is 734. The SMILES string of the molecule is C[C@@H](OC(=O)CCc1ccco1)C(=O)Nc1ccc(N2CCCCC2)cc1. The highest BCUT2D eigenvalue weighted by molar-refractivity contribution is 5.95. The fourth-order valence-corrected chi connectivity index (χ4v) is 3.14. The Hall–Kier alpha value is -2.76. The van der Waals surface area contributed by atoms with Gasteiger partial charge in [-0.2, -0.15) is 0 Å². The summed E-state index contributed by atoms with van der Waals surface area (Å²) in [5.74, 6) is -0.0422. The Kier molecular flexibility index (Phi) is 6.52. The van der Waals surface area contributed by atoms with Crippen molar-refractivity contribution in [2.75, 3.05) is 23.3 Å². The highest BCUT2D eigenvalue weighted by Crippen LogP contribution is 2.22. The third-order valence-corrected chi connectivity index (χ3v) is 4.69. The molecule has 6 nitrogen and oxygen atoms in total. The number of esters is 1. The summed E-state index contributed by atoms with van der Waals surface area (Å²) in [5, 5.41) is 2.79.